The summed E-state index contributed by atoms with van der Waals surface area (Å²) in [6.45, 7) is 21.2. The molecule has 49 heavy (non-hydrogen) atoms. The van der Waals surface area contributed by atoms with E-state index in [0.717, 1.165) is 45.1 Å². The Hall–Kier alpha value is -1.69. The number of Topliss-reactive ketones (excluding diaryl/α,β-unsaturated/α-hetero) is 1. The zero-order valence-electron chi connectivity index (χ0n) is 32.6. The third kappa shape index (κ3) is 5.88. The number of ether oxygens (including phenoxy) is 1. The number of carbonyl (C=O) groups excluding carboxylic acids is 2. The van der Waals surface area contributed by atoms with E-state index in [9.17, 15) is 19.5 Å². The van der Waals surface area contributed by atoms with Gasteiger partial charge in [0.2, 0.25) is 0 Å². The van der Waals surface area contributed by atoms with E-state index in [1.807, 2.05) is 0 Å². The molecular weight excluding hydrogens is 610 g/mol. The molecule has 2 unspecified atom stereocenters. The molecule has 0 heterocycles. The molecule has 0 aliphatic heterocycles. The minimum atomic E-state index is -1.14. The van der Waals surface area contributed by atoms with E-state index in [1.54, 1.807) is 19.4 Å². The molecule has 6 rings (SSSR count). The van der Waals surface area contributed by atoms with E-state index in [-0.39, 0.29) is 51.5 Å². The summed E-state index contributed by atoms with van der Waals surface area (Å²) in [6, 6.07) is 0.651. The highest BCUT2D eigenvalue weighted by molar-refractivity contribution is 6.00. The van der Waals surface area contributed by atoms with Gasteiger partial charge in [-0.2, -0.15) is 0 Å². The third-order valence-electron chi connectivity index (χ3n) is 16.6. The van der Waals surface area contributed by atoms with Crippen molar-refractivity contribution in [2.45, 2.75) is 177 Å². The molecule has 0 radical (unpaired) electrons. The smallest absolute Gasteiger partial charge is 0.309 e. The van der Waals surface area contributed by atoms with Crippen molar-refractivity contribution in [3.05, 3.63) is 11.1 Å². The van der Waals surface area contributed by atoms with Crippen molar-refractivity contribution in [2.75, 3.05) is 6.54 Å². The predicted octanol–water partition coefficient (Wildman–Crippen LogP) is 9.69. The van der Waals surface area contributed by atoms with Gasteiger partial charge in [0.25, 0.3) is 0 Å². The van der Waals surface area contributed by atoms with Gasteiger partial charge in [0.1, 0.15) is 6.10 Å². The fraction of sp³-hybridized carbons (Fsp3) is 0.884. The number of allylic oxidation sites excluding steroid dienone is 2. The number of nitrogens with one attached hydrogen (secondary N) is 1. The predicted molar refractivity (Wildman–Crippen MR) is 195 cm³/mol. The Morgan fingerprint density at radius 3 is 2.22 bits per heavy atom. The summed E-state index contributed by atoms with van der Waals surface area (Å²) in [5, 5.41) is 13.6. The number of hydrogen-bond acceptors (Lipinski definition) is 5. The van der Waals surface area contributed by atoms with Crippen LogP contribution >= 0.6 is 0 Å². The molecule has 0 aromatic heterocycles. The van der Waals surface area contributed by atoms with Gasteiger partial charge in [0.15, 0.2) is 5.78 Å². The Morgan fingerprint density at radius 1 is 0.878 bits per heavy atom. The number of esters is 1. The molecule has 8 atom stereocenters. The van der Waals surface area contributed by atoms with Crippen LogP contribution in [0.4, 0.5) is 0 Å². The van der Waals surface area contributed by atoms with E-state index in [4.69, 9.17) is 4.74 Å². The second kappa shape index (κ2) is 12.8. The summed E-state index contributed by atoms with van der Waals surface area (Å²) in [6.07, 6.45) is 17.1. The maximum absolute atomic E-state index is 14.0. The summed E-state index contributed by atoms with van der Waals surface area (Å²) in [4.78, 5) is 38.8. The first-order chi connectivity index (χ1) is 22.8. The van der Waals surface area contributed by atoms with E-state index in [0.29, 0.717) is 29.6 Å². The van der Waals surface area contributed by atoms with E-state index < -0.39 is 11.4 Å². The van der Waals surface area contributed by atoms with Crippen LogP contribution in [-0.2, 0) is 19.1 Å². The van der Waals surface area contributed by atoms with Crippen molar-refractivity contribution in [2.24, 2.45) is 56.2 Å². The van der Waals surface area contributed by atoms with Gasteiger partial charge in [-0.05, 0) is 137 Å². The van der Waals surface area contributed by atoms with Gasteiger partial charge in [-0.15, -0.1) is 0 Å². The van der Waals surface area contributed by atoms with Crippen LogP contribution in [0.15, 0.2) is 11.1 Å². The van der Waals surface area contributed by atoms with Gasteiger partial charge >= 0.3 is 11.9 Å². The third-order valence-corrected chi connectivity index (χ3v) is 16.6. The van der Waals surface area contributed by atoms with E-state index in [2.05, 4.69) is 53.8 Å². The van der Waals surface area contributed by atoms with Crippen LogP contribution in [0.5, 0.6) is 0 Å². The summed E-state index contributed by atoms with van der Waals surface area (Å²) < 4.78 is 6.18. The average molecular weight is 680 g/mol. The van der Waals surface area contributed by atoms with Crippen molar-refractivity contribution < 1.29 is 24.2 Å². The quantitative estimate of drug-likeness (QED) is 0.236. The first kappa shape index (κ1) is 37.1. The lowest BCUT2D eigenvalue weighted by Gasteiger charge is -2.72. The molecule has 0 bridgehead atoms. The Balaban J connectivity index is 1.25. The number of ketones is 1. The Morgan fingerprint density at radius 2 is 1.57 bits per heavy atom. The summed E-state index contributed by atoms with van der Waals surface area (Å²) in [5.41, 5.74) is 1.99. The van der Waals surface area contributed by atoms with Gasteiger partial charge < -0.3 is 15.2 Å². The molecular formula is C43H69NO5. The molecule has 6 aliphatic rings. The highest BCUT2D eigenvalue weighted by atomic mass is 16.5. The van der Waals surface area contributed by atoms with Crippen molar-refractivity contribution in [1.82, 2.24) is 5.32 Å². The second-order valence-electron chi connectivity index (χ2n) is 20.2. The number of carboxylic acids is 1. The summed E-state index contributed by atoms with van der Waals surface area (Å²) in [7, 11) is 0. The Bertz CT molecular complexity index is 1360. The van der Waals surface area contributed by atoms with E-state index >= 15 is 0 Å². The maximum atomic E-state index is 14.0. The normalized spacial score (nSPS) is 40.7. The largest absolute Gasteiger partial charge is 0.481 e. The fourth-order valence-electron chi connectivity index (χ4n) is 13.7. The minimum absolute atomic E-state index is 0.0337. The van der Waals surface area contributed by atoms with Crippen molar-refractivity contribution in [1.29, 1.82) is 0 Å². The number of carboxylic acid groups (broad SMARTS) is 1. The molecule has 2 N–H and O–H groups in total. The van der Waals surface area contributed by atoms with Gasteiger partial charge in [-0.3, -0.25) is 14.4 Å². The zero-order chi connectivity index (χ0) is 35.8. The number of hydrogen-bond donors (Lipinski definition) is 2. The molecule has 0 saturated heterocycles. The van der Waals surface area contributed by atoms with Crippen molar-refractivity contribution >= 4 is 17.7 Å². The van der Waals surface area contributed by atoms with Crippen LogP contribution in [0, 0.1) is 56.2 Å². The lowest BCUT2D eigenvalue weighted by molar-refractivity contribution is -0.233. The fourth-order valence-corrected chi connectivity index (χ4v) is 13.7. The highest BCUT2D eigenvalue weighted by Gasteiger charge is 2.70. The molecule has 6 heteroatoms. The van der Waals surface area contributed by atoms with Crippen LogP contribution in [0.2, 0.25) is 0 Å². The Labute approximate surface area is 297 Å². The number of fused-ring (bicyclic) bond motifs is 7. The number of carbonyl (C=O) groups is 3. The minimum Gasteiger partial charge on any atom is -0.481 e. The van der Waals surface area contributed by atoms with Gasteiger partial charge in [-0.25, -0.2) is 0 Å². The van der Waals surface area contributed by atoms with Gasteiger partial charge in [0, 0.05) is 23.3 Å². The van der Waals surface area contributed by atoms with E-state index in [1.165, 1.54) is 63.4 Å². The molecule has 5 fully saturated rings. The SMILES string of the molecule is CC(C)C1=C2[C@H]3CCC4[C@@]5(C)CC[C@H](OC(=O)CC(C)(C)C(=O)O)C(C)(C)C5CC[C@@]4(C)[C@]3(C)CC[C@@]2(CCNC2CCCCC2)CC1=O. The van der Waals surface area contributed by atoms with Crippen LogP contribution in [0.1, 0.15) is 165 Å². The lowest BCUT2D eigenvalue weighted by Crippen LogP contribution is -2.65. The van der Waals surface area contributed by atoms with Crippen LogP contribution in [-0.4, -0.2) is 41.5 Å². The van der Waals surface area contributed by atoms with Crippen LogP contribution in [0.25, 0.3) is 0 Å². The number of rotatable bonds is 9. The van der Waals surface area contributed by atoms with Crippen molar-refractivity contribution in [3.63, 3.8) is 0 Å². The first-order valence-electron chi connectivity index (χ1n) is 20.3. The van der Waals surface area contributed by atoms with Gasteiger partial charge in [0.05, 0.1) is 11.8 Å². The average Bonchev–Trinajstić information content (AvgIpc) is 3.31. The highest BCUT2D eigenvalue weighted by Crippen LogP contribution is 2.77. The zero-order valence-corrected chi connectivity index (χ0v) is 32.6. The molecule has 5 saturated carbocycles. The Kier molecular flexibility index (Phi) is 9.66. The molecule has 276 valence electrons. The molecule has 0 aromatic rings. The van der Waals surface area contributed by atoms with Gasteiger partial charge in [-0.1, -0.05) is 73.3 Å². The summed E-state index contributed by atoms with van der Waals surface area (Å²) >= 11 is 0. The maximum Gasteiger partial charge on any atom is 0.309 e. The number of aliphatic carboxylic acids is 1. The molecule has 0 amide bonds. The topological polar surface area (TPSA) is 92.7 Å². The lowest BCUT2D eigenvalue weighted by atomic mass is 9.33. The second-order valence-corrected chi connectivity index (χ2v) is 20.2. The summed E-state index contributed by atoms with van der Waals surface area (Å²) in [5.74, 6) is 0.858. The first-order valence-corrected chi connectivity index (χ1v) is 20.3. The molecule has 6 nitrogen and oxygen atoms in total. The molecule has 6 aliphatic carbocycles. The molecule has 0 spiro atoms. The van der Waals surface area contributed by atoms with Crippen LogP contribution < -0.4 is 5.32 Å². The van der Waals surface area contributed by atoms with Crippen molar-refractivity contribution in [3.8, 4) is 0 Å². The standard InChI is InChI=1S/C43H69NO5/c1-27(2)35-30(45)25-43(23-24-44-28-13-11-10-12-14-28)22-21-41(8)29(36(35)43)15-16-32-40(7)19-18-33(49-34(46)26-38(3,4)37(47)48)39(5,6)31(40)17-20-42(32,41)9/h27-29,31-33,44H,10-26H2,1-9H3,(H,47,48)/t29-,31?,32?,33+,40+,41-,42-,43-/m1/s1. The van der Waals surface area contributed by atoms with Crippen LogP contribution in [0.3, 0.4) is 0 Å². The molecule has 0 aromatic carbocycles. The monoisotopic (exact) mass is 680 g/mol.